The normalized spacial score (nSPS) is 10.4. The number of nitrogens with zero attached hydrogens (tertiary/aromatic N) is 4. The van der Waals surface area contributed by atoms with Gasteiger partial charge in [-0.25, -0.2) is 9.97 Å². The molecule has 4 nitrogen and oxygen atoms in total. The molecule has 2 rings (SSSR count). The average Bonchev–Trinajstić information content (AvgIpc) is 2.68. The minimum absolute atomic E-state index is 0.827. The molecule has 0 fully saturated rings. The summed E-state index contributed by atoms with van der Waals surface area (Å²) >= 11 is 0. The zero-order valence-electron chi connectivity index (χ0n) is 8.09. The van der Waals surface area contributed by atoms with Crippen LogP contribution in [0.3, 0.4) is 0 Å². The van der Waals surface area contributed by atoms with Gasteiger partial charge >= 0.3 is 0 Å². The second-order valence-electron chi connectivity index (χ2n) is 3.03. The number of aromatic nitrogens is 4. The van der Waals surface area contributed by atoms with E-state index in [2.05, 4.69) is 21.9 Å². The van der Waals surface area contributed by atoms with Crippen LogP contribution in [0.2, 0.25) is 0 Å². The lowest BCUT2D eigenvalue weighted by molar-refractivity contribution is 0.795. The Balaban J connectivity index is 2.37. The smallest absolute Gasteiger partial charge is 0.156 e. The van der Waals surface area contributed by atoms with Gasteiger partial charge in [0.15, 0.2) is 5.82 Å². The Bertz CT molecular complexity index is 394. The van der Waals surface area contributed by atoms with E-state index in [0.717, 1.165) is 24.5 Å². The van der Waals surface area contributed by atoms with Gasteiger partial charge in [-0.05, 0) is 6.42 Å². The lowest BCUT2D eigenvalue weighted by Crippen LogP contribution is -2.02. The lowest BCUT2D eigenvalue weighted by Gasteiger charge is -2.04. The van der Waals surface area contributed by atoms with Crippen LogP contribution in [-0.4, -0.2) is 19.5 Å². The monoisotopic (exact) mass is 188 g/mol. The fraction of sp³-hybridized carbons (Fsp3) is 0.300. The van der Waals surface area contributed by atoms with E-state index in [1.807, 2.05) is 10.8 Å². The largest absolute Gasteiger partial charge is 0.287 e. The first-order chi connectivity index (χ1) is 6.92. The minimum atomic E-state index is 0.827. The Morgan fingerprint density at radius 2 is 2.14 bits per heavy atom. The van der Waals surface area contributed by atoms with Gasteiger partial charge in [-0.2, -0.15) is 0 Å². The highest BCUT2D eigenvalue weighted by Crippen LogP contribution is 2.07. The fourth-order valence-electron chi connectivity index (χ4n) is 1.37. The van der Waals surface area contributed by atoms with Crippen LogP contribution in [0, 0.1) is 0 Å². The van der Waals surface area contributed by atoms with Crippen LogP contribution in [0.5, 0.6) is 0 Å². The summed E-state index contributed by atoms with van der Waals surface area (Å²) in [5.41, 5.74) is 0. The van der Waals surface area contributed by atoms with Crippen molar-refractivity contribution in [2.75, 3.05) is 0 Å². The van der Waals surface area contributed by atoms with Crippen molar-refractivity contribution < 1.29 is 0 Å². The van der Waals surface area contributed by atoms with E-state index in [-0.39, 0.29) is 0 Å². The van der Waals surface area contributed by atoms with Crippen LogP contribution in [0.1, 0.15) is 19.2 Å². The predicted molar refractivity (Wildman–Crippen MR) is 53.1 cm³/mol. The Hall–Kier alpha value is -1.71. The first-order valence-electron chi connectivity index (χ1n) is 4.70. The van der Waals surface area contributed by atoms with Gasteiger partial charge in [-0.3, -0.25) is 9.55 Å². The molecule has 0 atom stereocenters. The zero-order valence-corrected chi connectivity index (χ0v) is 8.09. The highest BCUT2D eigenvalue weighted by molar-refractivity contribution is 5.20. The highest BCUT2D eigenvalue weighted by Gasteiger charge is 2.03. The van der Waals surface area contributed by atoms with Gasteiger partial charge in [0.1, 0.15) is 5.82 Å². The zero-order chi connectivity index (χ0) is 9.80. The molecule has 2 aromatic heterocycles. The SMILES string of the molecule is CCCc1nccn1-c1cnccn1. The van der Waals surface area contributed by atoms with Crippen molar-refractivity contribution in [2.45, 2.75) is 19.8 Å². The van der Waals surface area contributed by atoms with Gasteiger partial charge in [0, 0.05) is 31.2 Å². The van der Waals surface area contributed by atoms with Crippen molar-refractivity contribution in [2.24, 2.45) is 0 Å². The second-order valence-corrected chi connectivity index (χ2v) is 3.03. The minimum Gasteiger partial charge on any atom is -0.287 e. The third kappa shape index (κ3) is 1.64. The molecule has 14 heavy (non-hydrogen) atoms. The topological polar surface area (TPSA) is 43.6 Å². The summed E-state index contributed by atoms with van der Waals surface area (Å²) in [6, 6.07) is 0. The van der Waals surface area contributed by atoms with E-state index >= 15 is 0 Å². The summed E-state index contributed by atoms with van der Waals surface area (Å²) in [5.74, 6) is 1.86. The van der Waals surface area contributed by atoms with E-state index in [0.29, 0.717) is 0 Å². The Morgan fingerprint density at radius 1 is 1.21 bits per heavy atom. The van der Waals surface area contributed by atoms with Crippen LogP contribution in [0.4, 0.5) is 0 Å². The van der Waals surface area contributed by atoms with E-state index < -0.39 is 0 Å². The molecule has 0 aliphatic rings. The maximum atomic E-state index is 4.28. The number of hydrogen-bond acceptors (Lipinski definition) is 3. The summed E-state index contributed by atoms with van der Waals surface area (Å²) in [6.07, 6.45) is 10.8. The molecule has 0 aliphatic heterocycles. The van der Waals surface area contributed by atoms with Crippen molar-refractivity contribution in [3.8, 4) is 5.82 Å². The van der Waals surface area contributed by atoms with Crippen molar-refractivity contribution in [1.82, 2.24) is 19.5 Å². The molecule has 0 N–H and O–H groups in total. The van der Waals surface area contributed by atoms with E-state index in [1.54, 1.807) is 24.8 Å². The Morgan fingerprint density at radius 3 is 2.86 bits per heavy atom. The molecule has 4 heteroatoms. The van der Waals surface area contributed by atoms with Crippen LogP contribution in [0.15, 0.2) is 31.0 Å². The molecule has 0 saturated heterocycles. The summed E-state index contributed by atoms with van der Waals surface area (Å²) in [7, 11) is 0. The molecule has 0 unspecified atom stereocenters. The van der Waals surface area contributed by atoms with Gasteiger partial charge in [0.2, 0.25) is 0 Å². The maximum absolute atomic E-state index is 4.28. The molecule has 2 heterocycles. The van der Waals surface area contributed by atoms with Crippen LogP contribution in [-0.2, 0) is 6.42 Å². The molecular weight excluding hydrogens is 176 g/mol. The Kier molecular flexibility index (Phi) is 2.53. The molecule has 0 aromatic carbocycles. The molecular formula is C10H12N4. The van der Waals surface area contributed by atoms with E-state index in [9.17, 15) is 0 Å². The summed E-state index contributed by atoms with van der Waals surface area (Å²) < 4.78 is 1.97. The van der Waals surface area contributed by atoms with Crippen molar-refractivity contribution in [1.29, 1.82) is 0 Å². The highest BCUT2D eigenvalue weighted by atomic mass is 15.1. The molecule has 0 aliphatic carbocycles. The first-order valence-corrected chi connectivity index (χ1v) is 4.70. The second kappa shape index (κ2) is 4.00. The number of imidazole rings is 1. The number of rotatable bonds is 3. The van der Waals surface area contributed by atoms with Crippen molar-refractivity contribution in [3.63, 3.8) is 0 Å². The summed E-state index contributed by atoms with van der Waals surface area (Å²) in [5, 5.41) is 0. The lowest BCUT2D eigenvalue weighted by atomic mass is 10.3. The van der Waals surface area contributed by atoms with E-state index in [4.69, 9.17) is 0 Å². The molecule has 0 bridgehead atoms. The third-order valence-corrected chi connectivity index (χ3v) is 1.99. The van der Waals surface area contributed by atoms with Gasteiger partial charge in [0.25, 0.3) is 0 Å². The van der Waals surface area contributed by atoms with Crippen LogP contribution in [0.25, 0.3) is 5.82 Å². The molecule has 72 valence electrons. The van der Waals surface area contributed by atoms with Gasteiger partial charge in [-0.1, -0.05) is 6.92 Å². The first kappa shape index (κ1) is 8.87. The fourth-order valence-corrected chi connectivity index (χ4v) is 1.37. The molecule has 0 amide bonds. The molecule has 2 aromatic rings. The van der Waals surface area contributed by atoms with Crippen molar-refractivity contribution in [3.05, 3.63) is 36.8 Å². The van der Waals surface area contributed by atoms with Gasteiger partial charge < -0.3 is 0 Å². The average molecular weight is 188 g/mol. The summed E-state index contributed by atoms with van der Waals surface area (Å²) in [4.78, 5) is 12.5. The standard InChI is InChI=1S/C10H12N4/c1-2-3-9-13-6-7-14(9)10-8-11-4-5-12-10/h4-8H,2-3H2,1H3. The van der Waals surface area contributed by atoms with Gasteiger partial charge in [-0.15, -0.1) is 0 Å². The molecule has 0 radical (unpaired) electrons. The number of hydrogen-bond donors (Lipinski definition) is 0. The Labute approximate surface area is 82.7 Å². The molecule has 0 spiro atoms. The quantitative estimate of drug-likeness (QED) is 0.735. The predicted octanol–water partition coefficient (Wildman–Crippen LogP) is 1.61. The van der Waals surface area contributed by atoms with E-state index in [1.165, 1.54) is 0 Å². The van der Waals surface area contributed by atoms with Gasteiger partial charge in [0.05, 0.1) is 6.20 Å². The van der Waals surface area contributed by atoms with Crippen LogP contribution >= 0.6 is 0 Å². The number of aryl methyl sites for hydroxylation is 1. The third-order valence-electron chi connectivity index (χ3n) is 1.99. The molecule has 0 saturated carbocycles. The maximum Gasteiger partial charge on any atom is 0.156 e. The summed E-state index contributed by atoms with van der Waals surface area (Å²) in [6.45, 7) is 2.13. The van der Waals surface area contributed by atoms with Crippen LogP contribution < -0.4 is 0 Å². The van der Waals surface area contributed by atoms with Crippen molar-refractivity contribution >= 4 is 0 Å².